The zero-order valence-electron chi connectivity index (χ0n) is 65.9. The molecule has 0 aliphatic rings. The lowest BCUT2D eigenvalue weighted by atomic mass is 10.0. The Morgan fingerprint density at radius 3 is 0.967 bits per heavy atom. The number of nitrogens with zero attached hydrogens (tertiary/aromatic N) is 9. The fourth-order valence-electron chi connectivity index (χ4n) is 17.1. The molecule has 15 aromatic carbocycles. The second-order valence-electron chi connectivity index (χ2n) is 30.5. The Balaban J connectivity index is 0.000000108. The van der Waals surface area contributed by atoms with E-state index in [2.05, 4.69) is 345 Å². The lowest BCUT2D eigenvalue weighted by molar-refractivity contribution is 1.18. The summed E-state index contributed by atoms with van der Waals surface area (Å²) < 4.78 is 7.50. The van der Waals surface area contributed by atoms with Crippen LogP contribution in [-0.4, -0.2) is 44.9 Å². The normalized spacial score (nSPS) is 11.6. The monoisotopic (exact) mass is 1620 g/mol. The van der Waals surface area contributed by atoms with Crippen LogP contribution in [0.1, 0.15) is 0 Å². The van der Waals surface area contributed by atoms with Gasteiger partial charge in [0, 0.05) is 135 Å². The van der Waals surface area contributed by atoms with Crippen molar-refractivity contribution < 1.29 is 0 Å². The van der Waals surface area contributed by atoms with Gasteiger partial charge in [0.25, 0.3) is 0 Å². The largest absolute Gasteiger partial charge is 0.254 e. The highest BCUT2D eigenvalue weighted by Crippen LogP contribution is 2.48. The van der Waals surface area contributed by atoms with Gasteiger partial charge in [-0.25, -0.2) is 39.9 Å². The predicted molar refractivity (Wildman–Crippen MR) is 518 cm³/mol. The first-order valence-electron chi connectivity index (χ1n) is 40.9. The van der Waals surface area contributed by atoms with Crippen molar-refractivity contribution in [2.45, 2.75) is 0 Å². The van der Waals surface area contributed by atoms with Crippen LogP contribution in [-0.2, 0) is 0 Å². The average molecular weight is 1620 g/mol. The van der Waals surface area contributed by atoms with Gasteiger partial charge >= 0.3 is 0 Å². The molecule has 0 atom stereocenters. The van der Waals surface area contributed by atoms with Crippen LogP contribution in [0.2, 0.25) is 0 Å². The van der Waals surface area contributed by atoms with E-state index in [1.54, 1.807) is 0 Å². The number of hydrogen-bond acceptors (Lipinski definition) is 12. The molecule has 10 heterocycles. The fraction of sp³-hybridized carbons (Fsp3) is 0. The first kappa shape index (κ1) is 72.6. The molecule has 25 rings (SSSR count). The van der Waals surface area contributed by atoms with Crippen LogP contribution in [0, 0.1) is 0 Å². The highest BCUT2D eigenvalue weighted by atomic mass is 32.1. The number of hydrogen-bond donors (Lipinski definition) is 0. The van der Waals surface area contributed by atoms with E-state index in [0.29, 0.717) is 5.82 Å². The molecule has 12 heteroatoms. The molecule has 574 valence electrons. The van der Waals surface area contributed by atoms with Gasteiger partial charge in [0.15, 0.2) is 11.6 Å². The second-order valence-corrected chi connectivity index (χ2v) is 33.7. The molecular formula is C111H67N9S3. The molecule has 10 aromatic heterocycles. The van der Waals surface area contributed by atoms with Gasteiger partial charge in [0.2, 0.25) is 0 Å². The molecule has 0 radical (unpaired) electrons. The summed E-state index contributed by atoms with van der Waals surface area (Å²) in [5.74, 6) is 1.43. The SMILES string of the molecule is c1ccc(-c2ccc(-c3cc(-c4ccccc4)nc(-c4ccc(-c5nc6ccccc6c6c5sc5ccccc56)cc4)n3)cc2)cc1.c1ccc(-c2nc(-c3ccc(-c4nc5ccccc5c5c4sc4ccccc45)cc3)c3ccccc3n2)cc1.c1cnc2c(c1)ccc1ccc(-c3ccc(-c4nc5ccccc5c5c4sc4ccccc45)cc3)nc12. The smallest absolute Gasteiger partial charge is 0.160 e. The van der Waals surface area contributed by atoms with Crippen molar-refractivity contribution in [2.24, 2.45) is 0 Å². The Labute approximate surface area is 718 Å². The zero-order valence-corrected chi connectivity index (χ0v) is 68.4. The quantitative estimate of drug-likeness (QED) is 0.123. The minimum Gasteiger partial charge on any atom is -0.254 e. The third kappa shape index (κ3) is 13.4. The molecule has 0 fully saturated rings. The predicted octanol–water partition coefficient (Wildman–Crippen LogP) is 30.3. The molecule has 123 heavy (non-hydrogen) atoms. The van der Waals surface area contributed by atoms with Crippen molar-refractivity contribution in [1.82, 2.24) is 44.9 Å². The molecule has 25 aromatic rings. The molecule has 0 spiro atoms. The van der Waals surface area contributed by atoms with E-state index >= 15 is 0 Å². The summed E-state index contributed by atoms with van der Waals surface area (Å²) in [4.78, 5) is 45.2. The van der Waals surface area contributed by atoms with E-state index < -0.39 is 0 Å². The highest BCUT2D eigenvalue weighted by Gasteiger charge is 2.22. The van der Waals surface area contributed by atoms with Gasteiger partial charge in [-0.1, -0.05) is 340 Å². The molecule has 0 bridgehead atoms. The van der Waals surface area contributed by atoms with E-state index in [9.17, 15) is 0 Å². The molecule has 9 nitrogen and oxygen atoms in total. The van der Waals surface area contributed by atoms with Crippen LogP contribution in [0.4, 0.5) is 0 Å². The first-order chi connectivity index (χ1) is 60.9. The third-order valence-electron chi connectivity index (χ3n) is 23.1. The van der Waals surface area contributed by atoms with Crippen LogP contribution in [0.15, 0.2) is 407 Å². The van der Waals surface area contributed by atoms with Crippen LogP contribution in [0.3, 0.4) is 0 Å². The summed E-state index contributed by atoms with van der Waals surface area (Å²) in [7, 11) is 0. The topological polar surface area (TPSA) is 116 Å². The second kappa shape index (κ2) is 31.0. The molecule has 0 amide bonds. The lowest BCUT2D eigenvalue weighted by Gasteiger charge is -2.11. The van der Waals surface area contributed by atoms with Crippen LogP contribution in [0.5, 0.6) is 0 Å². The molecule has 0 saturated carbocycles. The number of rotatable bonds is 10. The molecule has 0 saturated heterocycles. The number of benzene rings is 15. The van der Waals surface area contributed by atoms with Gasteiger partial charge in [-0.15, -0.1) is 34.0 Å². The van der Waals surface area contributed by atoms with E-state index in [1.807, 2.05) is 101 Å². The Morgan fingerprint density at radius 2 is 0.496 bits per heavy atom. The van der Waals surface area contributed by atoms with Crippen molar-refractivity contribution in [3.63, 3.8) is 0 Å². The summed E-state index contributed by atoms with van der Waals surface area (Å²) >= 11 is 5.45. The maximum Gasteiger partial charge on any atom is 0.160 e. The van der Waals surface area contributed by atoms with E-state index in [1.165, 1.54) is 87.8 Å². The molecular weight excluding hydrogens is 1560 g/mol. The highest BCUT2D eigenvalue weighted by molar-refractivity contribution is 7.27. The van der Waals surface area contributed by atoms with Gasteiger partial charge in [-0.3, -0.25) is 4.98 Å². The van der Waals surface area contributed by atoms with Crippen LogP contribution >= 0.6 is 34.0 Å². The minimum absolute atomic E-state index is 0.693. The van der Waals surface area contributed by atoms with E-state index in [4.69, 9.17) is 39.9 Å². The minimum atomic E-state index is 0.693. The Morgan fingerprint density at radius 1 is 0.179 bits per heavy atom. The summed E-state index contributed by atoms with van der Waals surface area (Å²) in [5.41, 5.74) is 24.4. The molecule has 0 unspecified atom stereocenters. The fourth-order valence-corrected chi connectivity index (χ4v) is 20.8. The summed E-state index contributed by atoms with van der Waals surface area (Å²) in [6.45, 7) is 0. The Kier molecular flexibility index (Phi) is 18.3. The third-order valence-corrected chi connectivity index (χ3v) is 26.6. The van der Waals surface area contributed by atoms with Crippen molar-refractivity contribution in [1.29, 1.82) is 0 Å². The molecule has 0 aliphatic carbocycles. The van der Waals surface area contributed by atoms with Crippen molar-refractivity contribution >= 4 is 160 Å². The summed E-state index contributed by atoms with van der Waals surface area (Å²) in [6, 6.07) is 139. The number of pyridine rings is 5. The molecule has 0 N–H and O–H groups in total. The van der Waals surface area contributed by atoms with Gasteiger partial charge in [0.1, 0.15) is 0 Å². The van der Waals surface area contributed by atoms with Gasteiger partial charge < -0.3 is 0 Å². The van der Waals surface area contributed by atoms with Gasteiger partial charge in [-0.2, -0.15) is 0 Å². The van der Waals surface area contributed by atoms with Crippen molar-refractivity contribution in [2.75, 3.05) is 0 Å². The number of para-hydroxylation sites is 4. The van der Waals surface area contributed by atoms with E-state index in [0.717, 1.165) is 145 Å². The maximum atomic E-state index is 5.19. The molecule has 0 aliphatic heterocycles. The first-order valence-corrected chi connectivity index (χ1v) is 43.4. The Bertz CT molecular complexity index is 8410. The number of fused-ring (bicyclic) bond motifs is 19. The number of aromatic nitrogens is 9. The van der Waals surface area contributed by atoms with Crippen LogP contribution in [0.25, 0.3) is 239 Å². The summed E-state index contributed by atoms with van der Waals surface area (Å²) in [6.07, 6.45) is 1.83. The Hall–Kier alpha value is -15.6. The zero-order chi connectivity index (χ0) is 81.3. The summed E-state index contributed by atoms with van der Waals surface area (Å²) in [5, 5.41) is 14.5. The lowest BCUT2D eigenvalue weighted by Crippen LogP contribution is -1.96. The van der Waals surface area contributed by atoms with Gasteiger partial charge in [0.05, 0.1) is 87.1 Å². The van der Waals surface area contributed by atoms with Crippen molar-refractivity contribution in [3.8, 4) is 113 Å². The standard InChI is InChI=1S/C43H27N3S.C35H21N3S.C33H19N3S/c1-3-11-28(12-4-1)29-19-21-31(22-20-29)38-27-37(30-13-5-2-6-14-30)45-43(46-38)33-25-23-32(24-26-33)41-42-40(34-15-7-9-17-36(34)44-41)35-16-8-10-18-39(35)47-42;1-2-10-24(11-3-1)35-37-29-16-8-5-13-26(29)32(38-35)22-18-20-23(21-19-22)33-34-31(25-12-4-7-15-28(25)36-33)27-14-6-9-17-30(27)39-34;1-3-9-27-24(7-1)29-25-8-2-4-10-28(25)37-33(29)32(36-27)23-13-11-20(12-14-23)26-18-17-22-16-15-21-6-5-19-34-30(21)31(22)35-26/h1-27H;1-21H;1-19H. The van der Waals surface area contributed by atoms with E-state index in [-0.39, 0.29) is 0 Å². The average Bonchev–Trinajstić information content (AvgIpc) is 1.61. The van der Waals surface area contributed by atoms with Gasteiger partial charge in [-0.05, 0) is 71.8 Å². The van der Waals surface area contributed by atoms with Crippen LogP contribution < -0.4 is 0 Å². The maximum absolute atomic E-state index is 5.19. The number of thiophene rings is 3. The van der Waals surface area contributed by atoms with Crippen molar-refractivity contribution in [3.05, 3.63) is 407 Å².